The topological polar surface area (TPSA) is 52.0 Å². The van der Waals surface area contributed by atoms with Crippen molar-refractivity contribution in [2.75, 3.05) is 13.1 Å². The van der Waals surface area contributed by atoms with Gasteiger partial charge in [0.1, 0.15) is 0 Å². The maximum Gasteiger partial charge on any atom is 0 e. The van der Waals surface area contributed by atoms with Gasteiger partial charge in [-0.3, -0.25) is 0 Å². The number of hydrogen-bond donors (Lipinski definition) is 2. The minimum absolute atomic E-state index is 0. The summed E-state index contributed by atoms with van der Waals surface area (Å²) in [5.74, 6) is 0. The summed E-state index contributed by atoms with van der Waals surface area (Å²) in [5, 5.41) is 0. The summed E-state index contributed by atoms with van der Waals surface area (Å²) < 4.78 is 0. The third kappa shape index (κ3) is 8.82. The van der Waals surface area contributed by atoms with Crippen molar-refractivity contribution < 1.29 is 21.1 Å². The molecule has 0 aliphatic carbocycles. The second-order valence-corrected chi connectivity index (χ2v) is 0.931. The van der Waals surface area contributed by atoms with E-state index in [1.54, 1.807) is 0 Å². The Morgan fingerprint density at radius 3 is 1.33 bits per heavy atom. The van der Waals surface area contributed by atoms with E-state index in [0.717, 1.165) is 19.5 Å². The van der Waals surface area contributed by atoms with Crippen molar-refractivity contribution in [3.63, 3.8) is 0 Å². The van der Waals surface area contributed by atoms with Crippen LogP contribution in [0, 0.1) is 0 Å². The van der Waals surface area contributed by atoms with Crippen molar-refractivity contribution in [3.8, 4) is 0 Å². The van der Waals surface area contributed by atoms with Crippen molar-refractivity contribution in [3.05, 3.63) is 0 Å². The predicted octanol–water partition coefficient (Wildman–Crippen LogP) is -0.709. The van der Waals surface area contributed by atoms with Crippen molar-refractivity contribution in [1.29, 1.82) is 0 Å². The molecule has 0 aromatic heterocycles. The zero-order chi connectivity index (χ0) is 4.12. The molecule has 3 heteroatoms. The fourth-order valence-electron chi connectivity index (χ4n) is 0.118. The molecule has 0 atom stereocenters. The smallest absolute Gasteiger partial charge is 0 e. The van der Waals surface area contributed by atoms with E-state index in [0.29, 0.717) is 0 Å². The van der Waals surface area contributed by atoms with Gasteiger partial charge in [-0.25, -0.2) is 0 Å². The molecular formula is C3H10N2Pt. The third-order valence-electron chi connectivity index (χ3n) is 0.408. The fourth-order valence-corrected chi connectivity index (χ4v) is 0.118. The molecule has 0 radical (unpaired) electrons. The van der Waals surface area contributed by atoms with Crippen LogP contribution in [0.2, 0.25) is 0 Å². The van der Waals surface area contributed by atoms with Crippen LogP contribution in [0.3, 0.4) is 0 Å². The largest absolute Gasteiger partial charge is 0.330 e. The average Bonchev–Trinajstić information content (AvgIpc) is 1.41. The summed E-state index contributed by atoms with van der Waals surface area (Å²) in [4.78, 5) is 0. The zero-order valence-electron chi connectivity index (χ0n) is 3.59. The van der Waals surface area contributed by atoms with E-state index in [-0.39, 0.29) is 21.1 Å². The van der Waals surface area contributed by atoms with E-state index < -0.39 is 0 Å². The minimum atomic E-state index is 0. The van der Waals surface area contributed by atoms with Gasteiger partial charge in [-0.05, 0) is 19.5 Å². The van der Waals surface area contributed by atoms with Crippen LogP contribution in [0.4, 0.5) is 0 Å². The van der Waals surface area contributed by atoms with Gasteiger partial charge in [0, 0.05) is 21.1 Å². The van der Waals surface area contributed by atoms with Gasteiger partial charge in [-0.1, -0.05) is 0 Å². The molecule has 6 heavy (non-hydrogen) atoms. The van der Waals surface area contributed by atoms with Gasteiger partial charge in [-0.2, -0.15) is 0 Å². The van der Waals surface area contributed by atoms with Gasteiger partial charge in [0.15, 0.2) is 0 Å². The molecule has 0 aliphatic heterocycles. The maximum atomic E-state index is 5.06. The molecule has 0 aromatic rings. The van der Waals surface area contributed by atoms with E-state index in [1.165, 1.54) is 0 Å². The van der Waals surface area contributed by atoms with Crippen molar-refractivity contribution in [2.45, 2.75) is 6.42 Å². The summed E-state index contributed by atoms with van der Waals surface area (Å²) in [6, 6.07) is 0. The molecule has 0 aliphatic rings. The van der Waals surface area contributed by atoms with Crippen LogP contribution in [0.5, 0.6) is 0 Å². The van der Waals surface area contributed by atoms with Crippen molar-refractivity contribution >= 4 is 0 Å². The molecular weight excluding hydrogens is 259 g/mol. The SMILES string of the molecule is NCCCN.[Pt]. The van der Waals surface area contributed by atoms with E-state index in [2.05, 4.69) is 0 Å². The molecule has 2 nitrogen and oxygen atoms in total. The molecule has 0 unspecified atom stereocenters. The van der Waals surface area contributed by atoms with E-state index in [9.17, 15) is 0 Å². The molecule has 0 spiro atoms. The number of nitrogens with two attached hydrogens (primary N) is 2. The molecule has 42 valence electrons. The van der Waals surface area contributed by atoms with Crippen LogP contribution < -0.4 is 11.5 Å². The molecule has 0 aromatic carbocycles. The number of hydrogen-bond acceptors (Lipinski definition) is 2. The molecule has 0 saturated heterocycles. The van der Waals surface area contributed by atoms with Gasteiger partial charge >= 0.3 is 0 Å². The molecule has 0 rings (SSSR count). The second kappa shape index (κ2) is 9.15. The first-order valence-electron chi connectivity index (χ1n) is 1.82. The summed E-state index contributed by atoms with van der Waals surface area (Å²) in [5.41, 5.74) is 10.1. The van der Waals surface area contributed by atoms with Gasteiger partial charge in [-0.15, -0.1) is 0 Å². The van der Waals surface area contributed by atoms with Crippen LogP contribution in [-0.2, 0) is 21.1 Å². The quantitative estimate of drug-likeness (QED) is 0.696. The first-order chi connectivity index (χ1) is 2.41. The van der Waals surface area contributed by atoms with E-state index in [1.807, 2.05) is 0 Å². The first kappa shape index (κ1) is 9.79. The summed E-state index contributed by atoms with van der Waals surface area (Å²) >= 11 is 0. The Labute approximate surface area is 52.5 Å². The van der Waals surface area contributed by atoms with E-state index in [4.69, 9.17) is 11.5 Å². The van der Waals surface area contributed by atoms with Crippen LogP contribution in [0.15, 0.2) is 0 Å². The Kier molecular flexibility index (Phi) is 14.9. The molecule has 0 bridgehead atoms. The Morgan fingerprint density at radius 2 is 1.33 bits per heavy atom. The number of rotatable bonds is 2. The second-order valence-electron chi connectivity index (χ2n) is 0.931. The Morgan fingerprint density at radius 1 is 1.00 bits per heavy atom. The summed E-state index contributed by atoms with van der Waals surface area (Å²) in [6.45, 7) is 1.44. The average molecular weight is 269 g/mol. The van der Waals surface area contributed by atoms with Gasteiger partial charge in [0.05, 0.1) is 0 Å². The van der Waals surface area contributed by atoms with Crippen LogP contribution >= 0.6 is 0 Å². The monoisotopic (exact) mass is 269 g/mol. The van der Waals surface area contributed by atoms with Crippen molar-refractivity contribution in [1.82, 2.24) is 0 Å². The minimum Gasteiger partial charge on any atom is -0.330 e. The molecule has 0 saturated carbocycles. The Bertz CT molecular complexity index is 16.3. The van der Waals surface area contributed by atoms with Crippen LogP contribution in [0.1, 0.15) is 6.42 Å². The van der Waals surface area contributed by atoms with Crippen LogP contribution in [0.25, 0.3) is 0 Å². The Balaban J connectivity index is 0. The Hall–Kier alpha value is 0.608. The molecule has 0 fully saturated rings. The standard InChI is InChI=1S/C3H10N2.Pt/c4-2-1-3-5;/h1-5H2;. The molecule has 4 N–H and O–H groups in total. The molecule has 0 amide bonds. The fraction of sp³-hybridized carbons (Fsp3) is 1.00. The van der Waals surface area contributed by atoms with Crippen LogP contribution in [-0.4, -0.2) is 13.1 Å². The molecule has 0 heterocycles. The van der Waals surface area contributed by atoms with Gasteiger partial charge < -0.3 is 11.5 Å². The maximum absolute atomic E-state index is 5.06. The van der Waals surface area contributed by atoms with Gasteiger partial charge in [0.2, 0.25) is 0 Å². The van der Waals surface area contributed by atoms with Crippen molar-refractivity contribution in [2.24, 2.45) is 11.5 Å². The predicted molar refractivity (Wildman–Crippen MR) is 22.7 cm³/mol. The first-order valence-corrected chi connectivity index (χ1v) is 1.82. The summed E-state index contributed by atoms with van der Waals surface area (Å²) in [7, 11) is 0. The normalized spacial score (nSPS) is 7.00. The van der Waals surface area contributed by atoms with Gasteiger partial charge in [0.25, 0.3) is 0 Å². The third-order valence-corrected chi connectivity index (χ3v) is 0.408. The summed E-state index contributed by atoms with van der Waals surface area (Å²) in [6.07, 6.45) is 0.944. The van der Waals surface area contributed by atoms with E-state index >= 15 is 0 Å². The zero-order valence-corrected chi connectivity index (χ0v) is 5.86.